The van der Waals surface area contributed by atoms with Gasteiger partial charge in [0.05, 0.1) is 5.56 Å². The van der Waals surface area contributed by atoms with E-state index in [-0.39, 0.29) is 23.8 Å². The Morgan fingerprint density at radius 2 is 1.87 bits per heavy atom. The van der Waals surface area contributed by atoms with E-state index in [1.54, 1.807) is 6.07 Å². The van der Waals surface area contributed by atoms with Gasteiger partial charge in [0.1, 0.15) is 0 Å². The van der Waals surface area contributed by atoms with Gasteiger partial charge in [-0.25, -0.2) is 0 Å². The Kier molecular flexibility index (Phi) is 3.24. The van der Waals surface area contributed by atoms with Gasteiger partial charge in [-0.05, 0) is 55.8 Å². The van der Waals surface area contributed by atoms with Crippen LogP contribution in [0.25, 0.3) is 0 Å². The highest BCUT2D eigenvalue weighted by atomic mass is 19.4. The monoisotopic (exact) mass is 324 g/mol. The lowest BCUT2D eigenvalue weighted by atomic mass is 9.98. The number of piperidine rings is 1. The van der Waals surface area contributed by atoms with E-state index in [0.717, 1.165) is 32.0 Å². The number of hydrogen-bond donors (Lipinski definition) is 2. The highest BCUT2D eigenvalue weighted by Gasteiger charge is 2.58. The number of halogens is 3. The fourth-order valence-electron chi connectivity index (χ4n) is 3.96. The Morgan fingerprint density at radius 1 is 1.22 bits per heavy atom. The van der Waals surface area contributed by atoms with Gasteiger partial charge in [0.25, 0.3) is 0 Å². The van der Waals surface area contributed by atoms with Crippen molar-refractivity contribution in [3.05, 3.63) is 35.4 Å². The molecule has 1 amide bonds. The SMILES string of the molecule is O=C(NC1(Cc2ccccc2C(F)(F)F)CC1)C1C2CNCC21. The third kappa shape index (κ3) is 2.73. The summed E-state index contributed by atoms with van der Waals surface area (Å²) in [6.45, 7) is 1.76. The molecule has 3 fully saturated rings. The third-order valence-corrected chi connectivity index (χ3v) is 5.49. The zero-order chi connectivity index (χ0) is 16.2. The van der Waals surface area contributed by atoms with Crippen LogP contribution in [-0.2, 0) is 17.4 Å². The maximum absolute atomic E-state index is 13.1. The highest BCUT2D eigenvalue weighted by molar-refractivity contribution is 5.83. The highest BCUT2D eigenvalue weighted by Crippen LogP contribution is 2.50. The number of carbonyl (C=O) groups is 1. The molecule has 1 aromatic carbocycles. The first-order chi connectivity index (χ1) is 10.9. The van der Waals surface area contributed by atoms with E-state index in [1.165, 1.54) is 12.1 Å². The van der Waals surface area contributed by atoms with Gasteiger partial charge >= 0.3 is 6.18 Å². The molecule has 6 heteroatoms. The topological polar surface area (TPSA) is 41.1 Å². The van der Waals surface area contributed by atoms with E-state index in [1.807, 2.05) is 0 Å². The predicted molar refractivity (Wildman–Crippen MR) is 78.6 cm³/mol. The summed E-state index contributed by atoms with van der Waals surface area (Å²) in [5.74, 6) is 0.941. The summed E-state index contributed by atoms with van der Waals surface area (Å²) in [7, 11) is 0. The Labute approximate surface area is 132 Å². The molecule has 1 saturated heterocycles. The molecule has 23 heavy (non-hydrogen) atoms. The van der Waals surface area contributed by atoms with Crippen molar-refractivity contribution in [2.45, 2.75) is 31.0 Å². The molecule has 2 aliphatic carbocycles. The summed E-state index contributed by atoms with van der Waals surface area (Å²) in [5, 5.41) is 6.30. The molecule has 0 bridgehead atoms. The van der Waals surface area contributed by atoms with E-state index in [0.29, 0.717) is 11.8 Å². The lowest BCUT2D eigenvalue weighted by Crippen LogP contribution is -2.41. The van der Waals surface area contributed by atoms with Crippen molar-refractivity contribution in [1.82, 2.24) is 10.6 Å². The first-order valence-corrected chi connectivity index (χ1v) is 8.07. The van der Waals surface area contributed by atoms with Crippen LogP contribution >= 0.6 is 0 Å². The van der Waals surface area contributed by atoms with E-state index >= 15 is 0 Å². The zero-order valence-electron chi connectivity index (χ0n) is 12.6. The van der Waals surface area contributed by atoms with Crippen LogP contribution in [0.1, 0.15) is 24.0 Å². The van der Waals surface area contributed by atoms with Crippen LogP contribution in [0, 0.1) is 17.8 Å². The fourth-order valence-corrected chi connectivity index (χ4v) is 3.96. The second kappa shape index (κ2) is 4.97. The van der Waals surface area contributed by atoms with Crippen LogP contribution in [0.4, 0.5) is 13.2 Å². The summed E-state index contributed by atoms with van der Waals surface area (Å²) >= 11 is 0. The molecular weight excluding hydrogens is 305 g/mol. The molecule has 4 rings (SSSR count). The molecule has 0 radical (unpaired) electrons. The molecule has 1 aliphatic heterocycles. The largest absolute Gasteiger partial charge is 0.416 e. The minimum Gasteiger partial charge on any atom is -0.350 e. The van der Waals surface area contributed by atoms with Gasteiger partial charge in [0.15, 0.2) is 0 Å². The maximum atomic E-state index is 13.1. The zero-order valence-corrected chi connectivity index (χ0v) is 12.6. The Hall–Kier alpha value is -1.56. The van der Waals surface area contributed by atoms with Gasteiger partial charge in [0, 0.05) is 11.5 Å². The van der Waals surface area contributed by atoms with E-state index in [4.69, 9.17) is 0 Å². The third-order valence-electron chi connectivity index (χ3n) is 5.49. The predicted octanol–water partition coefficient (Wildman–Crippen LogP) is 2.36. The average Bonchev–Trinajstić information content (AvgIpc) is 3.35. The number of carbonyl (C=O) groups excluding carboxylic acids is 1. The van der Waals surface area contributed by atoms with Crippen molar-refractivity contribution in [3.63, 3.8) is 0 Å². The Balaban J connectivity index is 1.46. The number of amides is 1. The van der Waals surface area contributed by atoms with Crippen molar-refractivity contribution >= 4 is 5.91 Å². The van der Waals surface area contributed by atoms with Crippen LogP contribution < -0.4 is 10.6 Å². The fraction of sp³-hybridized carbons (Fsp3) is 0.588. The van der Waals surface area contributed by atoms with Crippen molar-refractivity contribution in [2.75, 3.05) is 13.1 Å². The van der Waals surface area contributed by atoms with E-state index in [2.05, 4.69) is 10.6 Å². The summed E-state index contributed by atoms with van der Waals surface area (Å²) in [6.07, 6.45) is -2.58. The Morgan fingerprint density at radius 3 is 2.48 bits per heavy atom. The van der Waals surface area contributed by atoms with Gasteiger partial charge in [-0.2, -0.15) is 13.2 Å². The standard InChI is InChI=1S/C17H19F3N2O/c18-17(19,20)13-4-2-1-3-10(13)7-16(5-6-16)22-15(23)14-11-8-21-9-12(11)14/h1-4,11-12,14,21H,5-9H2,(H,22,23). The van der Waals surface area contributed by atoms with E-state index < -0.39 is 17.3 Å². The lowest BCUT2D eigenvalue weighted by molar-refractivity contribution is -0.138. The van der Waals surface area contributed by atoms with Gasteiger partial charge in [-0.15, -0.1) is 0 Å². The molecule has 124 valence electrons. The summed E-state index contributed by atoms with van der Waals surface area (Å²) in [4.78, 5) is 12.4. The first kappa shape index (κ1) is 15.0. The second-order valence-corrected chi connectivity index (χ2v) is 7.11. The number of nitrogens with one attached hydrogen (secondary N) is 2. The Bertz CT molecular complexity index is 629. The van der Waals surface area contributed by atoms with Crippen molar-refractivity contribution in [2.24, 2.45) is 17.8 Å². The lowest BCUT2D eigenvalue weighted by Gasteiger charge is -2.21. The molecule has 0 spiro atoms. The number of fused-ring (bicyclic) bond motifs is 1. The molecule has 0 aromatic heterocycles. The minimum absolute atomic E-state index is 0.0310. The molecule has 1 heterocycles. The quantitative estimate of drug-likeness (QED) is 0.893. The van der Waals surface area contributed by atoms with Crippen LogP contribution in [0.15, 0.2) is 24.3 Å². The van der Waals surface area contributed by atoms with Crippen LogP contribution in [-0.4, -0.2) is 24.5 Å². The molecule has 2 atom stereocenters. The normalized spacial score (nSPS) is 30.7. The van der Waals surface area contributed by atoms with Gasteiger partial charge in [-0.1, -0.05) is 18.2 Å². The average molecular weight is 324 g/mol. The van der Waals surface area contributed by atoms with Gasteiger partial charge in [0.2, 0.25) is 5.91 Å². The number of alkyl halides is 3. The molecule has 3 nitrogen and oxygen atoms in total. The summed E-state index contributed by atoms with van der Waals surface area (Å²) in [6, 6.07) is 5.66. The molecular formula is C17H19F3N2O. The molecule has 1 aromatic rings. The molecule has 2 N–H and O–H groups in total. The van der Waals surface area contributed by atoms with Crippen LogP contribution in [0.3, 0.4) is 0 Å². The number of hydrogen-bond acceptors (Lipinski definition) is 2. The smallest absolute Gasteiger partial charge is 0.350 e. The number of rotatable bonds is 4. The first-order valence-electron chi connectivity index (χ1n) is 8.07. The van der Waals surface area contributed by atoms with Gasteiger partial charge in [-0.3, -0.25) is 4.79 Å². The summed E-state index contributed by atoms with van der Waals surface area (Å²) < 4.78 is 39.3. The summed E-state index contributed by atoms with van der Waals surface area (Å²) in [5.41, 5.74) is -0.786. The van der Waals surface area contributed by atoms with E-state index in [9.17, 15) is 18.0 Å². The minimum atomic E-state index is -4.35. The number of benzene rings is 1. The van der Waals surface area contributed by atoms with Crippen LogP contribution in [0.5, 0.6) is 0 Å². The van der Waals surface area contributed by atoms with Crippen molar-refractivity contribution in [1.29, 1.82) is 0 Å². The molecule has 3 aliphatic rings. The molecule has 2 unspecified atom stereocenters. The van der Waals surface area contributed by atoms with Crippen LogP contribution in [0.2, 0.25) is 0 Å². The van der Waals surface area contributed by atoms with Crippen molar-refractivity contribution < 1.29 is 18.0 Å². The maximum Gasteiger partial charge on any atom is 0.416 e. The van der Waals surface area contributed by atoms with Crippen molar-refractivity contribution in [3.8, 4) is 0 Å². The second-order valence-electron chi connectivity index (χ2n) is 7.11. The molecule has 2 saturated carbocycles. The van der Waals surface area contributed by atoms with Gasteiger partial charge < -0.3 is 10.6 Å².